The molecule has 0 saturated carbocycles. The van der Waals surface area contributed by atoms with Gasteiger partial charge in [-0.3, -0.25) is 4.79 Å². The maximum Gasteiger partial charge on any atom is 0.331 e. The molecule has 2 aromatic rings. The average Bonchev–Trinajstić information content (AvgIpc) is 3.05. The molecule has 0 fully saturated rings. The molecule has 23 heavy (non-hydrogen) atoms. The Morgan fingerprint density at radius 2 is 2.13 bits per heavy atom. The van der Waals surface area contributed by atoms with E-state index in [1.165, 1.54) is 12.3 Å². The lowest BCUT2D eigenvalue weighted by molar-refractivity contribution is -0.144. The fourth-order valence-corrected chi connectivity index (χ4v) is 2.01. The minimum Gasteiger partial charge on any atom is -0.467 e. The van der Waals surface area contributed by atoms with Crippen LogP contribution in [0.2, 0.25) is 0 Å². The number of amides is 1. The molecule has 1 amide bonds. The molecule has 0 unspecified atom stereocenters. The summed E-state index contributed by atoms with van der Waals surface area (Å²) in [5, 5.41) is 2.68. The van der Waals surface area contributed by atoms with Crippen LogP contribution in [-0.4, -0.2) is 18.5 Å². The molecule has 0 aliphatic carbocycles. The number of furan rings is 1. The van der Waals surface area contributed by atoms with Crippen LogP contribution in [0, 0.1) is 6.92 Å². The smallest absolute Gasteiger partial charge is 0.331 e. The van der Waals surface area contributed by atoms with Crippen molar-refractivity contribution in [2.24, 2.45) is 0 Å². The van der Waals surface area contributed by atoms with E-state index in [9.17, 15) is 9.59 Å². The highest BCUT2D eigenvalue weighted by Gasteiger charge is 2.12. The van der Waals surface area contributed by atoms with E-state index in [4.69, 9.17) is 9.15 Å². The van der Waals surface area contributed by atoms with E-state index in [0.717, 1.165) is 11.1 Å². The summed E-state index contributed by atoms with van der Waals surface area (Å²) < 4.78 is 10.1. The Balaban J connectivity index is 1.76. The van der Waals surface area contributed by atoms with Gasteiger partial charge in [0.25, 0.3) is 5.91 Å². The van der Waals surface area contributed by atoms with Gasteiger partial charge in [0.05, 0.1) is 12.3 Å². The molecule has 1 aromatic carbocycles. The SMILES string of the molecule is Cc1cccc(/C=C/C(=O)OCC(=O)N[C@H](C)c2ccco2)c1. The van der Waals surface area contributed by atoms with Crippen molar-refractivity contribution in [2.75, 3.05) is 6.61 Å². The van der Waals surface area contributed by atoms with E-state index in [1.807, 2.05) is 31.2 Å². The number of aryl methyl sites for hydroxylation is 1. The van der Waals surface area contributed by atoms with Gasteiger partial charge in [-0.2, -0.15) is 0 Å². The molecule has 0 bridgehead atoms. The van der Waals surface area contributed by atoms with Crippen molar-refractivity contribution < 1.29 is 18.7 Å². The van der Waals surface area contributed by atoms with Gasteiger partial charge in [0.1, 0.15) is 5.76 Å². The number of benzene rings is 1. The van der Waals surface area contributed by atoms with Crippen LogP contribution in [0.25, 0.3) is 6.08 Å². The van der Waals surface area contributed by atoms with E-state index in [1.54, 1.807) is 25.1 Å². The van der Waals surface area contributed by atoms with Crippen LogP contribution in [0.1, 0.15) is 29.9 Å². The van der Waals surface area contributed by atoms with Gasteiger partial charge in [-0.1, -0.05) is 29.8 Å². The molecule has 1 heterocycles. The van der Waals surface area contributed by atoms with Gasteiger partial charge in [0.15, 0.2) is 6.61 Å². The summed E-state index contributed by atoms with van der Waals surface area (Å²) in [5.74, 6) is -0.303. The Kier molecular flexibility index (Phi) is 5.74. The van der Waals surface area contributed by atoms with Crippen molar-refractivity contribution in [3.63, 3.8) is 0 Å². The first kappa shape index (κ1) is 16.5. The fourth-order valence-electron chi connectivity index (χ4n) is 2.01. The normalized spacial score (nSPS) is 12.1. The Hall–Kier alpha value is -2.82. The third kappa shape index (κ3) is 5.47. The quantitative estimate of drug-likeness (QED) is 0.657. The molecule has 0 aliphatic rings. The van der Waals surface area contributed by atoms with Crippen molar-refractivity contribution >= 4 is 18.0 Å². The number of ether oxygens (including phenoxy) is 1. The first-order valence-corrected chi connectivity index (χ1v) is 7.29. The van der Waals surface area contributed by atoms with Gasteiger partial charge < -0.3 is 14.5 Å². The first-order chi connectivity index (χ1) is 11.0. The molecule has 1 N–H and O–H groups in total. The largest absolute Gasteiger partial charge is 0.467 e. The third-order valence-corrected chi connectivity index (χ3v) is 3.15. The summed E-state index contributed by atoms with van der Waals surface area (Å²) in [6.45, 7) is 3.43. The average molecular weight is 313 g/mol. The second kappa shape index (κ2) is 7.98. The number of rotatable bonds is 6. The monoisotopic (exact) mass is 313 g/mol. The summed E-state index contributed by atoms with van der Waals surface area (Å²) in [4.78, 5) is 23.3. The zero-order valence-electron chi connectivity index (χ0n) is 13.1. The lowest BCUT2D eigenvalue weighted by Crippen LogP contribution is -2.30. The topological polar surface area (TPSA) is 68.5 Å². The predicted octanol–water partition coefficient (Wildman–Crippen LogP) is 3.02. The molecule has 1 aromatic heterocycles. The molecule has 0 aliphatic heterocycles. The highest BCUT2D eigenvalue weighted by Crippen LogP contribution is 2.11. The van der Waals surface area contributed by atoms with Crippen LogP contribution in [0.5, 0.6) is 0 Å². The standard InChI is InChI=1S/C18H19NO4/c1-13-5-3-6-15(11-13)8-9-18(21)23-12-17(20)19-14(2)16-7-4-10-22-16/h3-11,14H,12H2,1-2H3,(H,19,20)/b9-8+/t14-/m1/s1. The molecule has 5 nitrogen and oxygen atoms in total. The Bertz CT molecular complexity index is 689. The second-order valence-corrected chi connectivity index (χ2v) is 5.16. The van der Waals surface area contributed by atoms with Crippen molar-refractivity contribution in [3.8, 4) is 0 Å². The van der Waals surface area contributed by atoms with E-state index < -0.39 is 5.97 Å². The molecule has 0 saturated heterocycles. The number of nitrogens with one attached hydrogen (secondary N) is 1. The van der Waals surface area contributed by atoms with Crippen LogP contribution >= 0.6 is 0 Å². The zero-order chi connectivity index (χ0) is 16.7. The molecule has 1 atom stereocenters. The van der Waals surface area contributed by atoms with E-state index in [2.05, 4.69) is 5.32 Å². The highest BCUT2D eigenvalue weighted by atomic mass is 16.5. The minimum absolute atomic E-state index is 0.279. The minimum atomic E-state index is -0.563. The molecule has 5 heteroatoms. The van der Waals surface area contributed by atoms with Crippen LogP contribution in [-0.2, 0) is 14.3 Å². The van der Waals surface area contributed by atoms with Crippen LogP contribution in [0.15, 0.2) is 53.2 Å². The summed E-state index contributed by atoms with van der Waals surface area (Å²) >= 11 is 0. The van der Waals surface area contributed by atoms with Crippen molar-refractivity contribution in [1.82, 2.24) is 5.32 Å². The van der Waals surface area contributed by atoms with E-state index >= 15 is 0 Å². The number of hydrogen-bond acceptors (Lipinski definition) is 4. The van der Waals surface area contributed by atoms with E-state index in [0.29, 0.717) is 5.76 Å². The molecular weight excluding hydrogens is 294 g/mol. The molecule has 0 radical (unpaired) electrons. The Labute approximate surface area is 134 Å². The Morgan fingerprint density at radius 1 is 1.30 bits per heavy atom. The highest BCUT2D eigenvalue weighted by molar-refractivity contribution is 5.89. The molecular formula is C18H19NO4. The number of esters is 1. The third-order valence-electron chi connectivity index (χ3n) is 3.15. The second-order valence-electron chi connectivity index (χ2n) is 5.16. The fraction of sp³-hybridized carbons (Fsp3) is 0.222. The van der Waals surface area contributed by atoms with Crippen molar-refractivity contribution in [1.29, 1.82) is 0 Å². The summed E-state index contributed by atoms with van der Waals surface area (Å²) in [6.07, 6.45) is 4.49. The van der Waals surface area contributed by atoms with Crippen molar-refractivity contribution in [3.05, 3.63) is 65.6 Å². The molecule has 2 rings (SSSR count). The first-order valence-electron chi connectivity index (χ1n) is 7.29. The van der Waals surface area contributed by atoms with Crippen molar-refractivity contribution in [2.45, 2.75) is 19.9 Å². The predicted molar refractivity (Wildman–Crippen MR) is 86.4 cm³/mol. The van der Waals surface area contributed by atoms with Gasteiger partial charge in [0, 0.05) is 6.08 Å². The van der Waals surface area contributed by atoms with Crippen LogP contribution in [0.4, 0.5) is 0 Å². The summed E-state index contributed by atoms with van der Waals surface area (Å²) in [6, 6.07) is 10.9. The lowest BCUT2D eigenvalue weighted by atomic mass is 10.1. The maximum atomic E-state index is 11.7. The summed E-state index contributed by atoms with van der Waals surface area (Å²) in [5.41, 5.74) is 2.00. The van der Waals surface area contributed by atoms with Crippen LogP contribution < -0.4 is 5.32 Å². The number of carbonyl (C=O) groups excluding carboxylic acids is 2. The number of hydrogen-bond donors (Lipinski definition) is 1. The van der Waals surface area contributed by atoms with Gasteiger partial charge in [-0.25, -0.2) is 4.79 Å². The zero-order valence-corrected chi connectivity index (χ0v) is 13.1. The van der Waals surface area contributed by atoms with Gasteiger partial charge in [0.2, 0.25) is 0 Å². The van der Waals surface area contributed by atoms with Gasteiger partial charge >= 0.3 is 5.97 Å². The molecule has 0 spiro atoms. The van der Waals surface area contributed by atoms with Crippen LogP contribution in [0.3, 0.4) is 0 Å². The lowest BCUT2D eigenvalue weighted by Gasteiger charge is -2.11. The number of carbonyl (C=O) groups is 2. The maximum absolute atomic E-state index is 11.7. The molecule has 120 valence electrons. The van der Waals surface area contributed by atoms with E-state index in [-0.39, 0.29) is 18.6 Å². The Morgan fingerprint density at radius 3 is 2.83 bits per heavy atom. The van der Waals surface area contributed by atoms with Gasteiger partial charge in [-0.05, 0) is 37.6 Å². The summed E-state index contributed by atoms with van der Waals surface area (Å²) in [7, 11) is 0. The van der Waals surface area contributed by atoms with Gasteiger partial charge in [-0.15, -0.1) is 0 Å².